The van der Waals surface area contributed by atoms with Gasteiger partial charge in [-0.3, -0.25) is 4.79 Å². The summed E-state index contributed by atoms with van der Waals surface area (Å²) in [4.78, 5) is 30.1. The van der Waals surface area contributed by atoms with Crippen LogP contribution in [0.15, 0.2) is 56.1 Å². The highest BCUT2D eigenvalue weighted by Crippen LogP contribution is 2.33. The Kier molecular flexibility index (Phi) is 4.50. The molecule has 0 fully saturated rings. The van der Waals surface area contributed by atoms with Gasteiger partial charge in [-0.25, -0.2) is 9.78 Å². The van der Waals surface area contributed by atoms with E-state index in [1.165, 1.54) is 5.56 Å². The first-order chi connectivity index (χ1) is 14.6. The number of nitrogens with zero attached hydrogens (tertiary/aromatic N) is 2. The lowest BCUT2D eigenvalue weighted by Gasteiger charge is -2.31. The number of carbonyl (C=O) groups is 1. The molecule has 5 rings (SSSR count). The number of aryl methyl sites for hydroxylation is 1. The summed E-state index contributed by atoms with van der Waals surface area (Å²) >= 11 is 0. The highest BCUT2D eigenvalue weighted by Gasteiger charge is 2.20. The van der Waals surface area contributed by atoms with Gasteiger partial charge in [0, 0.05) is 36.7 Å². The molecule has 0 saturated heterocycles. The van der Waals surface area contributed by atoms with Gasteiger partial charge in [0.05, 0.1) is 0 Å². The van der Waals surface area contributed by atoms with Gasteiger partial charge in [0.25, 0.3) is 0 Å². The van der Waals surface area contributed by atoms with Gasteiger partial charge >= 0.3 is 11.6 Å². The average molecular weight is 404 g/mol. The number of para-hydroxylation sites is 2. The lowest BCUT2D eigenvalue weighted by Crippen LogP contribution is -2.30. The van der Waals surface area contributed by atoms with Crippen LogP contribution in [0.1, 0.15) is 24.8 Å². The van der Waals surface area contributed by atoms with E-state index in [2.05, 4.69) is 9.88 Å². The molecule has 7 nitrogen and oxygen atoms in total. The van der Waals surface area contributed by atoms with E-state index in [1.54, 1.807) is 6.07 Å². The minimum Gasteiger partial charge on any atom is -0.481 e. The molecule has 30 heavy (non-hydrogen) atoms. The summed E-state index contributed by atoms with van der Waals surface area (Å²) < 4.78 is 11.4. The third-order valence-corrected chi connectivity index (χ3v) is 5.49. The molecule has 7 heteroatoms. The molecule has 0 atom stereocenters. The van der Waals surface area contributed by atoms with Gasteiger partial charge in [0.1, 0.15) is 16.7 Å². The molecule has 0 spiro atoms. The first-order valence-electron chi connectivity index (χ1n) is 10.0. The van der Waals surface area contributed by atoms with Gasteiger partial charge in [-0.2, -0.15) is 0 Å². The number of fused-ring (bicyclic) bond motifs is 3. The lowest BCUT2D eigenvalue weighted by atomic mass is 9.99. The maximum Gasteiger partial charge on any atom is 0.349 e. The van der Waals surface area contributed by atoms with Gasteiger partial charge in [0.2, 0.25) is 5.89 Å². The van der Waals surface area contributed by atoms with Crippen molar-refractivity contribution in [2.24, 2.45) is 0 Å². The molecule has 0 amide bonds. The number of hydrogen-bond acceptors (Lipinski definition) is 6. The van der Waals surface area contributed by atoms with Crippen LogP contribution in [0.4, 0.5) is 5.69 Å². The molecule has 0 aliphatic carbocycles. The van der Waals surface area contributed by atoms with Gasteiger partial charge in [-0.15, -0.1) is 0 Å². The van der Waals surface area contributed by atoms with Crippen LogP contribution in [0.3, 0.4) is 0 Å². The maximum absolute atomic E-state index is 12.7. The fourth-order valence-corrected chi connectivity index (χ4v) is 4.07. The van der Waals surface area contributed by atoms with E-state index in [-0.39, 0.29) is 12.3 Å². The van der Waals surface area contributed by atoms with Crippen molar-refractivity contribution in [3.8, 4) is 11.5 Å². The van der Waals surface area contributed by atoms with Crippen LogP contribution >= 0.6 is 0 Å². The zero-order valence-corrected chi connectivity index (χ0v) is 16.3. The Morgan fingerprint density at radius 3 is 2.83 bits per heavy atom. The lowest BCUT2D eigenvalue weighted by molar-refractivity contribution is -0.137. The number of anilines is 1. The zero-order chi connectivity index (χ0) is 20.7. The van der Waals surface area contributed by atoms with Crippen LogP contribution in [-0.4, -0.2) is 29.1 Å². The van der Waals surface area contributed by atoms with Crippen molar-refractivity contribution in [1.82, 2.24) is 4.98 Å². The Labute approximate surface area is 171 Å². The molecule has 2 aromatic carbocycles. The average Bonchev–Trinajstić information content (AvgIpc) is 3.16. The SMILES string of the molecule is O=C(O)CCCN1CCCc2cc3cc(-c4nc5ccccc5o4)c(=O)oc3cc21. The van der Waals surface area contributed by atoms with Crippen molar-refractivity contribution in [3.63, 3.8) is 0 Å². The predicted molar refractivity (Wildman–Crippen MR) is 113 cm³/mol. The van der Waals surface area contributed by atoms with Gasteiger partial charge in [0.15, 0.2) is 5.58 Å². The highest BCUT2D eigenvalue weighted by molar-refractivity contribution is 5.86. The van der Waals surface area contributed by atoms with Crippen LogP contribution in [0, 0.1) is 0 Å². The number of benzene rings is 2. The summed E-state index contributed by atoms with van der Waals surface area (Å²) in [7, 11) is 0. The fraction of sp³-hybridized carbons (Fsp3) is 0.261. The third-order valence-electron chi connectivity index (χ3n) is 5.49. The molecular weight excluding hydrogens is 384 g/mol. The minimum atomic E-state index is -0.788. The normalized spacial score (nSPS) is 13.7. The molecule has 2 aromatic heterocycles. The first kappa shape index (κ1) is 18.4. The maximum atomic E-state index is 12.7. The van der Waals surface area contributed by atoms with Crippen LogP contribution in [0.2, 0.25) is 0 Å². The van der Waals surface area contributed by atoms with Gasteiger partial charge < -0.3 is 18.8 Å². The quantitative estimate of drug-likeness (QED) is 0.498. The molecule has 0 unspecified atom stereocenters. The molecule has 1 aliphatic heterocycles. The van der Waals surface area contributed by atoms with E-state index in [0.717, 1.165) is 30.5 Å². The Morgan fingerprint density at radius 2 is 2.00 bits per heavy atom. The van der Waals surface area contributed by atoms with Crippen molar-refractivity contribution >= 4 is 33.7 Å². The highest BCUT2D eigenvalue weighted by atomic mass is 16.4. The van der Waals surface area contributed by atoms with E-state index < -0.39 is 11.6 Å². The number of oxazole rings is 1. The Bertz CT molecular complexity index is 1290. The summed E-state index contributed by atoms with van der Waals surface area (Å²) in [5, 5.41) is 9.71. The van der Waals surface area contributed by atoms with E-state index in [0.29, 0.717) is 35.2 Å². The predicted octanol–water partition coefficient (Wildman–Crippen LogP) is 4.22. The zero-order valence-electron chi connectivity index (χ0n) is 16.3. The summed E-state index contributed by atoms with van der Waals surface area (Å²) in [5.74, 6) is -0.539. The largest absolute Gasteiger partial charge is 0.481 e. The van der Waals surface area contributed by atoms with E-state index in [1.807, 2.05) is 36.4 Å². The first-order valence-corrected chi connectivity index (χ1v) is 10.0. The molecule has 4 aromatic rings. The van der Waals surface area contributed by atoms with Crippen LogP contribution in [-0.2, 0) is 11.2 Å². The Morgan fingerprint density at radius 1 is 1.13 bits per heavy atom. The van der Waals surface area contributed by atoms with Gasteiger partial charge in [-0.1, -0.05) is 12.1 Å². The summed E-state index contributed by atoms with van der Waals surface area (Å²) in [6.07, 6.45) is 2.65. The van der Waals surface area contributed by atoms with E-state index in [4.69, 9.17) is 13.9 Å². The molecule has 0 saturated carbocycles. The minimum absolute atomic E-state index is 0.141. The number of aliphatic carboxylic acids is 1. The Balaban J connectivity index is 1.54. The number of carboxylic acids is 1. The van der Waals surface area contributed by atoms with Crippen LogP contribution in [0.5, 0.6) is 0 Å². The number of rotatable bonds is 5. The summed E-state index contributed by atoms with van der Waals surface area (Å²) in [6.45, 7) is 1.53. The van der Waals surface area contributed by atoms with Crippen molar-refractivity contribution in [3.05, 3.63) is 58.4 Å². The topological polar surface area (TPSA) is 96.8 Å². The molecular formula is C23H20N2O5. The second-order valence-electron chi connectivity index (χ2n) is 7.54. The number of aromatic nitrogens is 1. The molecule has 0 radical (unpaired) electrons. The second kappa shape index (κ2) is 7.33. The van der Waals surface area contributed by atoms with Crippen LogP contribution < -0.4 is 10.5 Å². The van der Waals surface area contributed by atoms with Crippen molar-refractivity contribution in [2.45, 2.75) is 25.7 Å². The molecule has 152 valence electrons. The van der Waals surface area contributed by atoms with E-state index in [9.17, 15) is 9.59 Å². The molecule has 3 heterocycles. The van der Waals surface area contributed by atoms with Gasteiger partial charge in [-0.05, 0) is 49.1 Å². The Hall–Kier alpha value is -3.61. The molecule has 1 aliphatic rings. The van der Waals surface area contributed by atoms with Crippen LogP contribution in [0.25, 0.3) is 33.5 Å². The molecule has 1 N–H and O–H groups in total. The summed E-state index contributed by atoms with van der Waals surface area (Å²) in [5.41, 5.74) is 3.79. The van der Waals surface area contributed by atoms with Crippen molar-refractivity contribution in [2.75, 3.05) is 18.0 Å². The second-order valence-corrected chi connectivity index (χ2v) is 7.54. The fourth-order valence-electron chi connectivity index (χ4n) is 4.07. The molecule has 0 bridgehead atoms. The van der Waals surface area contributed by atoms with Crippen molar-refractivity contribution in [1.29, 1.82) is 0 Å². The number of hydrogen-bond donors (Lipinski definition) is 1. The standard InChI is InChI=1S/C23H20N2O5/c26-21(27)8-4-10-25-9-3-5-14-11-15-12-16(23(28)30-20(15)13-18(14)25)22-24-17-6-1-2-7-19(17)29-22/h1-2,6-7,11-13H,3-5,8-10H2,(H,26,27). The third kappa shape index (κ3) is 3.32. The summed E-state index contributed by atoms with van der Waals surface area (Å²) in [6, 6.07) is 13.1. The monoisotopic (exact) mass is 404 g/mol. The number of carboxylic acid groups (broad SMARTS) is 1. The van der Waals surface area contributed by atoms with Crippen molar-refractivity contribution < 1.29 is 18.7 Å². The smallest absolute Gasteiger partial charge is 0.349 e. The van der Waals surface area contributed by atoms with E-state index >= 15 is 0 Å².